The van der Waals surface area contributed by atoms with Gasteiger partial charge in [-0.1, -0.05) is 30.3 Å². The van der Waals surface area contributed by atoms with Gasteiger partial charge in [-0.25, -0.2) is 4.98 Å². The minimum Gasteiger partial charge on any atom is -0.491 e. The lowest BCUT2D eigenvalue weighted by Crippen LogP contribution is -2.17. The molecule has 1 atom stereocenters. The third-order valence-corrected chi connectivity index (χ3v) is 5.67. The predicted octanol–water partition coefficient (Wildman–Crippen LogP) is 3.83. The normalized spacial score (nSPS) is 19.7. The number of ether oxygens (including phenoxy) is 1. The quantitative estimate of drug-likeness (QED) is 0.516. The number of pyridine rings is 1. The Morgan fingerprint density at radius 1 is 1.10 bits per heavy atom. The number of para-hydroxylation sites is 1. The third kappa shape index (κ3) is 3.82. The zero-order valence-electron chi connectivity index (χ0n) is 15.4. The van der Waals surface area contributed by atoms with E-state index in [-0.39, 0.29) is 11.1 Å². The van der Waals surface area contributed by atoms with Crippen molar-refractivity contribution in [2.75, 3.05) is 18.1 Å². The SMILES string of the molecule is O=C1NC(=O)/C(=C/c2ccc(OC[C@H]3CN3c3ccc4ccccc4n3)cc2)S1. The van der Waals surface area contributed by atoms with E-state index in [1.165, 1.54) is 0 Å². The highest BCUT2D eigenvalue weighted by molar-refractivity contribution is 8.18. The van der Waals surface area contributed by atoms with E-state index in [1.54, 1.807) is 6.08 Å². The third-order valence-electron chi connectivity index (χ3n) is 4.85. The maximum atomic E-state index is 11.6. The molecule has 2 fully saturated rings. The Balaban J connectivity index is 1.18. The van der Waals surface area contributed by atoms with Crippen LogP contribution in [0, 0.1) is 0 Å². The highest BCUT2D eigenvalue weighted by Crippen LogP contribution is 2.29. The fraction of sp³-hybridized carbons (Fsp3) is 0.136. The minimum absolute atomic E-state index is 0.315. The molecule has 3 heterocycles. The van der Waals surface area contributed by atoms with E-state index in [1.807, 2.05) is 48.5 Å². The van der Waals surface area contributed by atoms with E-state index in [2.05, 4.69) is 22.3 Å². The lowest BCUT2D eigenvalue weighted by molar-refractivity contribution is -0.115. The summed E-state index contributed by atoms with van der Waals surface area (Å²) in [5, 5.41) is 3.05. The van der Waals surface area contributed by atoms with Gasteiger partial charge < -0.3 is 9.64 Å². The summed E-state index contributed by atoms with van der Waals surface area (Å²) in [6.45, 7) is 1.51. The van der Waals surface area contributed by atoms with Gasteiger partial charge in [0.15, 0.2) is 0 Å². The molecule has 3 aromatic rings. The number of carbonyl (C=O) groups is 2. The lowest BCUT2D eigenvalue weighted by atomic mass is 10.2. The van der Waals surface area contributed by atoms with Gasteiger partial charge in [-0.3, -0.25) is 14.9 Å². The summed E-state index contributed by atoms with van der Waals surface area (Å²) >= 11 is 0.913. The van der Waals surface area contributed by atoms with Crippen LogP contribution in [0.2, 0.25) is 0 Å². The average molecular weight is 403 g/mol. The Labute approximate surface area is 171 Å². The summed E-state index contributed by atoms with van der Waals surface area (Å²) in [6, 6.07) is 20.0. The van der Waals surface area contributed by atoms with Crippen LogP contribution in [0.15, 0.2) is 65.6 Å². The maximum Gasteiger partial charge on any atom is 0.290 e. The first-order valence-corrected chi connectivity index (χ1v) is 10.1. The van der Waals surface area contributed by atoms with Crippen molar-refractivity contribution < 1.29 is 14.3 Å². The van der Waals surface area contributed by atoms with Gasteiger partial charge in [0.2, 0.25) is 0 Å². The Morgan fingerprint density at radius 3 is 2.72 bits per heavy atom. The number of amides is 2. The number of nitrogens with one attached hydrogen (secondary N) is 1. The van der Waals surface area contributed by atoms with Gasteiger partial charge in [0.1, 0.15) is 18.2 Å². The van der Waals surface area contributed by atoms with Gasteiger partial charge in [-0.2, -0.15) is 0 Å². The summed E-state index contributed by atoms with van der Waals surface area (Å²) in [4.78, 5) is 30.2. The highest BCUT2D eigenvalue weighted by Gasteiger charge is 2.35. The number of aromatic nitrogens is 1. The second-order valence-corrected chi connectivity index (χ2v) is 7.92. The van der Waals surface area contributed by atoms with Gasteiger partial charge in [0.05, 0.1) is 16.5 Å². The molecule has 0 spiro atoms. The molecular weight excluding hydrogens is 386 g/mol. The van der Waals surface area contributed by atoms with Crippen molar-refractivity contribution in [2.24, 2.45) is 0 Å². The summed E-state index contributed by atoms with van der Waals surface area (Å²) in [5.41, 5.74) is 1.84. The first kappa shape index (κ1) is 17.8. The predicted molar refractivity (Wildman–Crippen MR) is 114 cm³/mol. The van der Waals surface area contributed by atoms with Gasteiger partial charge in [-0.15, -0.1) is 0 Å². The van der Waals surface area contributed by atoms with Crippen LogP contribution in [0.3, 0.4) is 0 Å². The molecule has 1 N–H and O–H groups in total. The molecule has 2 saturated heterocycles. The number of hydrogen-bond acceptors (Lipinski definition) is 6. The van der Waals surface area contributed by atoms with Gasteiger partial charge >= 0.3 is 0 Å². The fourth-order valence-corrected chi connectivity index (χ4v) is 3.93. The minimum atomic E-state index is -0.351. The first-order chi connectivity index (χ1) is 14.2. The number of hydrogen-bond donors (Lipinski definition) is 1. The molecule has 29 heavy (non-hydrogen) atoms. The van der Waals surface area contributed by atoms with Crippen LogP contribution >= 0.6 is 11.8 Å². The van der Waals surface area contributed by atoms with Gasteiger partial charge in [-0.05, 0) is 53.7 Å². The highest BCUT2D eigenvalue weighted by atomic mass is 32.2. The number of rotatable bonds is 5. The maximum absolute atomic E-state index is 11.6. The Morgan fingerprint density at radius 2 is 1.93 bits per heavy atom. The molecule has 0 radical (unpaired) electrons. The van der Waals surface area contributed by atoms with Crippen molar-refractivity contribution in [3.8, 4) is 5.75 Å². The van der Waals surface area contributed by atoms with Crippen molar-refractivity contribution >= 4 is 45.7 Å². The molecule has 144 valence electrons. The number of thioether (sulfide) groups is 1. The molecule has 2 aromatic carbocycles. The van der Waals surface area contributed by atoms with Crippen LogP contribution in [0.5, 0.6) is 5.75 Å². The van der Waals surface area contributed by atoms with Crippen LogP contribution in [0.25, 0.3) is 17.0 Å². The molecule has 5 rings (SSSR count). The Hall–Kier alpha value is -3.32. The summed E-state index contributed by atoms with van der Waals surface area (Å²) < 4.78 is 5.90. The second kappa shape index (κ2) is 7.25. The fourth-order valence-electron chi connectivity index (χ4n) is 3.24. The second-order valence-electron chi connectivity index (χ2n) is 6.90. The van der Waals surface area contributed by atoms with E-state index in [4.69, 9.17) is 9.72 Å². The Bertz CT molecular complexity index is 1140. The number of benzene rings is 2. The molecule has 6 nitrogen and oxygen atoms in total. The lowest BCUT2D eigenvalue weighted by Gasteiger charge is -2.08. The zero-order valence-corrected chi connectivity index (χ0v) is 16.2. The van der Waals surface area contributed by atoms with Gasteiger partial charge in [0.25, 0.3) is 11.1 Å². The molecule has 1 aromatic heterocycles. The van der Waals surface area contributed by atoms with E-state index in [0.29, 0.717) is 17.6 Å². The summed E-state index contributed by atoms with van der Waals surface area (Å²) in [6.07, 6.45) is 1.70. The van der Waals surface area contributed by atoms with E-state index in [0.717, 1.165) is 46.3 Å². The van der Waals surface area contributed by atoms with Crippen LogP contribution in [0.4, 0.5) is 10.6 Å². The number of anilines is 1. The van der Waals surface area contributed by atoms with Crippen molar-refractivity contribution in [3.63, 3.8) is 0 Å². The van der Waals surface area contributed by atoms with Crippen molar-refractivity contribution in [1.82, 2.24) is 10.3 Å². The number of fused-ring (bicyclic) bond motifs is 1. The molecule has 0 saturated carbocycles. The van der Waals surface area contributed by atoms with Gasteiger partial charge in [0, 0.05) is 11.9 Å². The molecule has 0 unspecified atom stereocenters. The van der Waals surface area contributed by atoms with Crippen molar-refractivity contribution in [1.29, 1.82) is 0 Å². The molecule has 2 aliphatic heterocycles. The molecule has 0 bridgehead atoms. The van der Waals surface area contributed by atoms with Crippen LogP contribution in [-0.4, -0.2) is 35.3 Å². The van der Waals surface area contributed by atoms with E-state index >= 15 is 0 Å². The molecule has 2 aliphatic rings. The monoisotopic (exact) mass is 403 g/mol. The van der Waals surface area contributed by atoms with E-state index in [9.17, 15) is 9.59 Å². The first-order valence-electron chi connectivity index (χ1n) is 9.26. The topological polar surface area (TPSA) is 71.3 Å². The molecule has 2 amide bonds. The Kier molecular flexibility index (Phi) is 4.44. The van der Waals surface area contributed by atoms with E-state index < -0.39 is 0 Å². The van der Waals surface area contributed by atoms with Crippen molar-refractivity contribution in [3.05, 3.63) is 71.1 Å². The molecule has 0 aliphatic carbocycles. The summed E-state index contributed by atoms with van der Waals surface area (Å²) in [5.74, 6) is 1.39. The van der Waals surface area contributed by atoms with Crippen LogP contribution in [-0.2, 0) is 4.79 Å². The van der Waals surface area contributed by atoms with Crippen LogP contribution < -0.4 is 15.0 Å². The molecule has 7 heteroatoms. The largest absolute Gasteiger partial charge is 0.491 e. The van der Waals surface area contributed by atoms with Crippen LogP contribution in [0.1, 0.15) is 5.56 Å². The standard InChI is InChI=1S/C22H17N3O3S/c26-21-19(29-22(27)24-21)11-14-5-8-17(9-6-14)28-13-16-12-25(16)20-10-7-15-3-1-2-4-18(15)23-20/h1-11,16H,12-13H2,(H,24,26,27)/b19-11-/t16-,25?/m1/s1. The number of imide groups is 1. The van der Waals surface area contributed by atoms with Crippen molar-refractivity contribution in [2.45, 2.75) is 6.04 Å². The zero-order chi connectivity index (χ0) is 19.8. The number of nitrogens with zero attached hydrogens (tertiary/aromatic N) is 2. The molecular formula is C22H17N3O3S. The summed E-state index contributed by atoms with van der Waals surface area (Å²) in [7, 11) is 0. The average Bonchev–Trinajstić information content (AvgIpc) is 3.45. The number of carbonyl (C=O) groups excluding carboxylic acids is 2. The smallest absolute Gasteiger partial charge is 0.290 e.